The minimum atomic E-state index is -0.312. The molecule has 1 amide bonds. The highest BCUT2D eigenvalue weighted by molar-refractivity contribution is 5.81. The third kappa shape index (κ3) is 3.66. The number of rotatable bonds is 6. The molecule has 0 radical (unpaired) electrons. The molecule has 0 aliphatic heterocycles. The molecule has 0 saturated heterocycles. The number of aromatic nitrogens is 2. The predicted molar refractivity (Wildman–Crippen MR) is 97.4 cm³/mol. The number of hydrogen-bond donors (Lipinski definition) is 1. The maximum atomic E-state index is 12.4. The van der Waals surface area contributed by atoms with Gasteiger partial charge in [-0.3, -0.25) is 9.59 Å². The lowest BCUT2D eigenvalue weighted by atomic mass is 10.2. The second kappa shape index (κ2) is 7.69. The van der Waals surface area contributed by atoms with Gasteiger partial charge in [0.25, 0.3) is 5.56 Å². The molecule has 26 heavy (non-hydrogen) atoms. The van der Waals surface area contributed by atoms with E-state index in [0.29, 0.717) is 16.9 Å². The van der Waals surface area contributed by atoms with Gasteiger partial charge >= 0.3 is 0 Å². The van der Waals surface area contributed by atoms with Crippen LogP contribution < -0.4 is 20.3 Å². The van der Waals surface area contributed by atoms with Crippen LogP contribution in [0.4, 0.5) is 0 Å². The van der Waals surface area contributed by atoms with Gasteiger partial charge in [0.1, 0.15) is 18.0 Å². The summed E-state index contributed by atoms with van der Waals surface area (Å²) in [6.45, 7) is 0.121. The van der Waals surface area contributed by atoms with Gasteiger partial charge in [0.05, 0.1) is 25.8 Å². The largest absolute Gasteiger partial charge is 0.497 e. The van der Waals surface area contributed by atoms with Crippen molar-refractivity contribution in [2.24, 2.45) is 0 Å². The predicted octanol–water partition coefficient (Wildman–Crippen LogP) is 1.73. The Hall–Kier alpha value is -3.35. The van der Waals surface area contributed by atoms with Crippen molar-refractivity contribution in [2.45, 2.75) is 13.1 Å². The molecule has 0 fully saturated rings. The van der Waals surface area contributed by atoms with Gasteiger partial charge in [-0.05, 0) is 18.2 Å². The van der Waals surface area contributed by atoms with E-state index in [1.807, 2.05) is 18.2 Å². The van der Waals surface area contributed by atoms with Gasteiger partial charge in [-0.1, -0.05) is 18.2 Å². The third-order valence-electron chi connectivity index (χ3n) is 4.03. The van der Waals surface area contributed by atoms with Gasteiger partial charge in [-0.25, -0.2) is 4.68 Å². The highest BCUT2D eigenvalue weighted by atomic mass is 16.5. The number of fused-ring (bicyclic) bond motifs is 1. The summed E-state index contributed by atoms with van der Waals surface area (Å²) in [5.41, 5.74) is 0.515. The van der Waals surface area contributed by atoms with Crippen LogP contribution in [0.2, 0.25) is 0 Å². The molecule has 0 aliphatic carbocycles. The van der Waals surface area contributed by atoms with E-state index in [0.717, 1.165) is 15.6 Å². The van der Waals surface area contributed by atoms with Crippen molar-refractivity contribution in [3.8, 4) is 11.5 Å². The number of ether oxygens (including phenoxy) is 2. The molecule has 7 heteroatoms. The highest BCUT2D eigenvalue weighted by Gasteiger charge is 2.10. The summed E-state index contributed by atoms with van der Waals surface area (Å²) in [4.78, 5) is 24.6. The van der Waals surface area contributed by atoms with E-state index >= 15 is 0 Å². The van der Waals surface area contributed by atoms with E-state index in [9.17, 15) is 9.59 Å². The van der Waals surface area contributed by atoms with Gasteiger partial charge < -0.3 is 14.8 Å². The Morgan fingerprint density at radius 1 is 1.15 bits per heavy atom. The lowest BCUT2D eigenvalue weighted by Gasteiger charge is -2.12. The molecule has 0 spiro atoms. The van der Waals surface area contributed by atoms with E-state index in [4.69, 9.17) is 9.47 Å². The first kappa shape index (κ1) is 17.5. The molecular formula is C19H19N3O4. The number of amides is 1. The van der Waals surface area contributed by atoms with Crippen LogP contribution in [0.25, 0.3) is 10.8 Å². The molecule has 3 aromatic rings. The number of carbonyl (C=O) groups excluding carboxylic acids is 1. The zero-order valence-electron chi connectivity index (χ0n) is 14.6. The molecule has 1 aromatic heterocycles. The maximum Gasteiger partial charge on any atom is 0.275 e. The summed E-state index contributed by atoms with van der Waals surface area (Å²) in [6.07, 6.45) is 1.58. The lowest BCUT2D eigenvalue weighted by Crippen LogP contribution is -2.33. The molecule has 0 saturated carbocycles. The number of hydrogen-bond acceptors (Lipinski definition) is 5. The smallest absolute Gasteiger partial charge is 0.275 e. The topological polar surface area (TPSA) is 82.5 Å². The summed E-state index contributed by atoms with van der Waals surface area (Å²) in [7, 11) is 3.13. The maximum absolute atomic E-state index is 12.4. The number of nitrogens with zero attached hydrogens (tertiary/aromatic N) is 2. The molecular weight excluding hydrogens is 334 g/mol. The van der Waals surface area contributed by atoms with Crippen molar-refractivity contribution in [1.29, 1.82) is 0 Å². The first-order valence-corrected chi connectivity index (χ1v) is 8.05. The molecule has 1 heterocycles. The number of benzene rings is 2. The summed E-state index contributed by atoms with van der Waals surface area (Å²) in [5, 5.41) is 8.12. The van der Waals surface area contributed by atoms with Gasteiger partial charge in [-0.15, -0.1) is 0 Å². The van der Waals surface area contributed by atoms with Gasteiger partial charge in [-0.2, -0.15) is 5.10 Å². The van der Waals surface area contributed by atoms with Crippen LogP contribution >= 0.6 is 0 Å². The van der Waals surface area contributed by atoms with Crippen LogP contribution in [-0.4, -0.2) is 29.9 Å². The number of carbonyl (C=O) groups is 1. The van der Waals surface area contributed by atoms with Crippen molar-refractivity contribution in [3.05, 3.63) is 64.6 Å². The Bertz CT molecular complexity index is 997. The molecule has 0 aliphatic rings. The quantitative estimate of drug-likeness (QED) is 0.730. The first-order valence-electron chi connectivity index (χ1n) is 8.05. The zero-order valence-corrected chi connectivity index (χ0v) is 14.6. The SMILES string of the molecule is COc1ccc(CNC(=O)Cn2ncc3ccccc3c2=O)c(OC)c1. The van der Waals surface area contributed by atoms with E-state index < -0.39 is 0 Å². The van der Waals surface area contributed by atoms with Crippen LogP contribution in [0.1, 0.15) is 5.56 Å². The fourth-order valence-electron chi connectivity index (χ4n) is 2.62. The Morgan fingerprint density at radius 3 is 2.73 bits per heavy atom. The Morgan fingerprint density at radius 2 is 1.96 bits per heavy atom. The fourth-order valence-corrected chi connectivity index (χ4v) is 2.62. The van der Waals surface area contributed by atoms with Crippen molar-refractivity contribution >= 4 is 16.7 Å². The van der Waals surface area contributed by atoms with Crippen LogP contribution in [0, 0.1) is 0 Å². The molecule has 0 bridgehead atoms. The molecule has 134 valence electrons. The Labute approximate surface area is 150 Å². The van der Waals surface area contributed by atoms with Crippen molar-refractivity contribution in [2.75, 3.05) is 14.2 Å². The minimum absolute atomic E-state index is 0.151. The van der Waals surface area contributed by atoms with E-state index in [1.165, 1.54) is 0 Å². The first-order chi connectivity index (χ1) is 12.6. The fraction of sp³-hybridized carbons (Fsp3) is 0.211. The Balaban J connectivity index is 1.70. The standard InChI is InChI=1S/C19H19N3O4/c1-25-15-8-7-14(17(9-15)26-2)10-20-18(23)12-22-19(24)16-6-4-3-5-13(16)11-21-22/h3-9,11H,10,12H2,1-2H3,(H,20,23). The molecule has 7 nitrogen and oxygen atoms in total. The third-order valence-corrected chi connectivity index (χ3v) is 4.03. The summed E-state index contributed by atoms with van der Waals surface area (Å²) >= 11 is 0. The van der Waals surface area contributed by atoms with Gasteiger partial charge in [0.15, 0.2) is 0 Å². The van der Waals surface area contributed by atoms with E-state index in [1.54, 1.807) is 44.7 Å². The normalized spacial score (nSPS) is 10.5. The van der Waals surface area contributed by atoms with Crippen LogP contribution in [-0.2, 0) is 17.9 Å². The van der Waals surface area contributed by atoms with Crippen LogP contribution in [0.3, 0.4) is 0 Å². The Kier molecular flexibility index (Phi) is 5.17. The highest BCUT2D eigenvalue weighted by Crippen LogP contribution is 2.24. The van der Waals surface area contributed by atoms with Crippen LogP contribution in [0.15, 0.2) is 53.5 Å². The number of nitrogens with one attached hydrogen (secondary N) is 1. The van der Waals surface area contributed by atoms with Crippen LogP contribution in [0.5, 0.6) is 11.5 Å². The molecule has 0 unspecified atom stereocenters. The lowest BCUT2D eigenvalue weighted by molar-refractivity contribution is -0.122. The molecule has 3 rings (SSSR count). The minimum Gasteiger partial charge on any atom is -0.497 e. The second-order valence-corrected chi connectivity index (χ2v) is 5.65. The van der Waals surface area contributed by atoms with E-state index in [-0.39, 0.29) is 24.6 Å². The molecule has 2 aromatic carbocycles. The van der Waals surface area contributed by atoms with Crippen molar-refractivity contribution in [1.82, 2.24) is 15.1 Å². The summed E-state index contributed by atoms with van der Waals surface area (Å²) < 4.78 is 11.6. The van der Waals surface area contributed by atoms with Crippen molar-refractivity contribution < 1.29 is 14.3 Å². The summed E-state index contributed by atoms with van der Waals surface area (Å²) in [6, 6.07) is 12.5. The zero-order chi connectivity index (χ0) is 18.5. The number of methoxy groups -OCH3 is 2. The monoisotopic (exact) mass is 353 g/mol. The molecule has 0 atom stereocenters. The average Bonchev–Trinajstić information content (AvgIpc) is 2.68. The van der Waals surface area contributed by atoms with Gasteiger partial charge in [0, 0.05) is 23.6 Å². The second-order valence-electron chi connectivity index (χ2n) is 5.65. The van der Waals surface area contributed by atoms with Gasteiger partial charge in [0.2, 0.25) is 5.91 Å². The molecule has 1 N–H and O–H groups in total. The van der Waals surface area contributed by atoms with E-state index in [2.05, 4.69) is 10.4 Å². The van der Waals surface area contributed by atoms with Crippen molar-refractivity contribution in [3.63, 3.8) is 0 Å². The summed E-state index contributed by atoms with van der Waals surface area (Å²) in [5.74, 6) is 0.974. The average molecular weight is 353 g/mol.